The minimum Gasteiger partial charge on any atom is -0.372 e. The van der Waals surface area contributed by atoms with Gasteiger partial charge in [-0.15, -0.1) is 0 Å². The summed E-state index contributed by atoms with van der Waals surface area (Å²) in [6.45, 7) is 2.60. The molecular formula is C18H19N5O2. The monoisotopic (exact) mass is 337 g/mol. The van der Waals surface area contributed by atoms with Gasteiger partial charge in [-0.3, -0.25) is 9.78 Å². The number of hydrogen-bond acceptors (Lipinski definition) is 6. The van der Waals surface area contributed by atoms with Crippen molar-refractivity contribution < 1.29 is 9.53 Å². The topological polar surface area (TPSA) is 80.6 Å². The first-order chi connectivity index (χ1) is 12.2. The Morgan fingerprint density at radius 2 is 2.16 bits per heavy atom. The van der Waals surface area contributed by atoms with E-state index in [1.165, 1.54) is 5.01 Å². The summed E-state index contributed by atoms with van der Waals surface area (Å²) in [5.74, 6) is 0.874. The second kappa shape index (κ2) is 6.68. The van der Waals surface area contributed by atoms with Crippen molar-refractivity contribution in [1.82, 2.24) is 15.0 Å². The summed E-state index contributed by atoms with van der Waals surface area (Å²) in [6, 6.07) is 7.32. The lowest BCUT2D eigenvalue weighted by atomic mass is 10.0. The standard InChI is InChI=1S/C18H19N5O2/c1-12-10-16(21-18(20-12)13-6-2-4-8-19-13)23-17(24)11-14(22-23)15-7-3-5-9-25-15/h2,4,6,8,10,15H,3,5,7,9,11H2,1H3. The van der Waals surface area contributed by atoms with Crippen molar-refractivity contribution in [3.8, 4) is 11.5 Å². The van der Waals surface area contributed by atoms with Gasteiger partial charge in [0.2, 0.25) is 0 Å². The number of hydrogen-bond donors (Lipinski definition) is 0. The quantitative estimate of drug-likeness (QED) is 0.859. The lowest BCUT2D eigenvalue weighted by molar-refractivity contribution is -0.117. The summed E-state index contributed by atoms with van der Waals surface area (Å²) >= 11 is 0. The van der Waals surface area contributed by atoms with Gasteiger partial charge < -0.3 is 4.74 Å². The Hall–Kier alpha value is -2.67. The average molecular weight is 337 g/mol. The van der Waals surface area contributed by atoms with Crippen LogP contribution in [-0.2, 0) is 9.53 Å². The second-order valence-electron chi connectivity index (χ2n) is 6.23. The Bertz CT molecular complexity index is 815. The number of pyridine rings is 1. The van der Waals surface area contributed by atoms with Gasteiger partial charge in [0.15, 0.2) is 11.6 Å². The number of nitrogens with zero attached hydrogens (tertiary/aromatic N) is 5. The van der Waals surface area contributed by atoms with Crippen LogP contribution in [0.1, 0.15) is 31.4 Å². The molecule has 7 nitrogen and oxygen atoms in total. The van der Waals surface area contributed by atoms with E-state index in [0.717, 1.165) is 37.3 Å². The van der Waals surface area contributed by atoms with E-state index in [4.69, 9.17) is 4.74 Å². The van der Waals surface area contributed by atoms with E-state index in [0.29, 0.717) is 17.3 Å². The van der Waals surface area contributed by atoms with Crippen molar-refractivity contribution in [2.24, 2.45) is 5.10 Å². The molecule has 7 heteroatoms. The second-order valence-corrected chi connectivity index (χ2v) is 6.23. The maximum Gasteiger partial charge on any atom is 0.254 e. The zero-order chi connectivity index (χ0) is 17.2. The molecule has 25 heavy (non-hydrogen) atoms. The first kappa shape index (κ1) is 15.8. The Morgan fingerprint density at radius 3 is 2.92 bits per heavy atom. The maximum atomic E-state index is 12.5. The molecule has 1 fully saturated rings. The molecule has 128 valence electrons. The fraction of sp³-hybridized carbons (Fsp3) is 0.389. The molecule has 2 aromatic rings. The highest BCUT2D eigenvalue weighted by atomic mass is 16.5. The predicted octanol–water partition coefficient (Wildman–Crippen LogP) is 2.51. The molecule has 1 unspecified atom stereocenters. The predicted molar refractivity (Wildman–Crippen MR) is 93.1 cm³/mol. The molecular weight excluding hydrogens is 318 g/mol. The third-order valence-electron chi connectivity index (χ3n) is 4.30. The molecule has 2 aliphatic heterocycles. The fourth-order valence-electron chi connectivity index (χ4n) is 3.08. The first-order valence-corrected chi connectivity index (χ1v) is 8.50. The minimum absolute atomic E-state index is 0.0547. The SMILES string of the molecule is Cc1cc(N2N=C(C3CCCCO3)CC2=O)nc(-c2ccccn2)n1. The summed E-state index contributed by atoms with van der Waals surface area (Å²) in [4.78, 5) is 25.7. The molecule has 4 heterocycles. The number of carbonyl (C=O) groups excluding carboxylic acids is 1. The Balaban J connectivity index is 1.66. The molecule has 0 saturated carbocycles. The zero-order valence-electron chi connectivity index (χ0n) is 14.1. The lowest BCUT2D eigenvalue weighted by Crippen LogP contribution is -2.27. The van der Waals surface area contributed by atoms with Crippen LogP contribution in [0.5, 0.6) is 0 Å². The van der Waals surface area contributed by atoms with Crippen LogP contribution in [0.3, 0.4) is 0 Å². The summed E-state index contributed by atoms with van der Waals surface area (Å²) in [5.41, 5.74) is 2.22. The van der Waals surface area contributed by atoms with E-state index in [-0.39, 0.29) is 18.4 Å². The number of aromatic nitrogens is 3. The van der Waals surface area contributed by atoms with Crippen LogP contribution in [0, 0.1) is 6.92 Å². The third-order valence-corrected chi connectivity index (χ3v) is 4.30. The molecule has 0 radical (unpaired) electrons. The van der Waals surface area contributed by atoms with Gasteiger partial charge in [0.25, 0.3) is 5.91 Å². The molecule has 1 saturated heterocycles. The molecule has 0 aliphatic carbocycles. The summed E-state index contributed by atoms with van der Waals surface area (Å²) in [6.07, 6.45) is 5.02. The largest absolute Gasteiger partial charge is 0.372 e. The average Bonchev–Trinajstić information content (AvgIpc) is 3.04. The van der Waals surface area contributed by atoms with Gasteiger partial charge in [0.1, 0.15) is 5.69 Å². The molecule has 2 aromatic heterocycles. The van der Waals surface area contributed by atoms with Gasteiger partial charge in [-0.05, 0) is 38.3 Å². The van der Waals surface area contributed by atoms with Gasteiger partial charge >= 0.3 is 0 Å². The number of anilines is 1. The summed E-state index contributed by atoms with van der Waals surface area (Å²) in [5, 5.41) is 5.87. The van der Waals surface area contributed by atoms with Crippen molar-refractivity contribution in [3.05, 3.63) is 36.2 Å². The van der Waals surface area contributed by atoms with Crippen LogP contribution in [0.4, 0.5) is 5.82 Å². The molecule has 4 rings (SSSR count). The van der Waals surface area contributed by atoms with E-state index < -0.39 is 0 Å². The fourth-order valence-corrected chi connectivity index (χ4v) is 3.08. The third kappa shape index (κ3) is 3.28. The molecule has 0 bridgehead atoms. The van der Waals surface area contributed by atoms with Gasteiger partial charge in [-0.2, -0.15) is 10.1 Å². The van der Waals surface area contributed by atoms with Gasteiger partial charge in [-0.1, -0.05) is 6.07 Å². The van der Waals surface area contributed by atoms with Crippen molar-refractivity contribution in [3.63, 3.8) is 0 Å². The number of ether oxygens (including phenoxy) is 1. The molecule has 0 spiro atoms. The smallest absolute Gasteiger partial charge is 0.254 e. The van der Waals surface area contributed by atoms with Crippen LogP contribution in [0.15, 0.2) is 35.6 Å². The van der Waals surface area contributed by atoms with Crippen LogP contribution < -0.4 is 5.01 Å². The molecule has 2 aliphatic rings. The summed E-state index contributed by atoms with van der Waals surface area (Å²) in [7, 11) is 0. The Labute approximate surface area is 145 Å². The number of hydrazone groups is 1. The molecule has 0 aromatic carbocycles. The van der Waals surface area contributed by atoms with Crippen LogP contribution in [0.25, 0.3) is 11.5 Å². The van der Waals surface area contributed by atoms with Gasteiger partial charge in [0.05, 0.1) is 18.2 Å². The number of rotatable bonds is 3. The van der Waals surface area contributed by atoms with E-state index in [1.54, 1.807) is 12.3 Å². The Morgan fingerprint density at radius 1 is 1.24 bits per heavy atom. The number of amides is 1. The van der Waals surface area contributed by atoms with Crippen LogP contribution in [0.2, 0.25) is 0 Å². The van der Waals surface area contributed by atoms with Gasteiger partial charge in [-0.25, -0.2) is 9.97 Å². The van der Waals surface area contributed by atoms with Crippen molar-refractivity contribution >= 4 is 17.4 Å². The highest BCUT2D eigenvalue weighted by Gasteiger charge is 2.32. The highest BCUT2D eigenvalue weighted by molar-refractivity contribution is 6.14. The van der Waals surface area contributed by atoms with Crippen LogP contribution >= 0.6 is 0 Å². The minimum atomic E-state index is -0.0887. The lowest BCUT2D eigenvalue weighted by Gasteiger charge is -2.21. The molecule has 0 N–H and O–H groups in total. The first-order valence-electron chi connectivity index (χ1n) is 8.50. The number of aryl methyl sites for hydroxylation is 1. The Kier molecular flexibility index (Phi) is 4.23. The van der Waals surface area contributed by atoms with Crippen molar-refractivity contribution in [2.75, 3.05) is 11.6 Å². The van der Waals surface area contributed by atoms with Gasteiger partial charge in [0, 0.05) is 24.6 Å². The maximum absolute atomic E-state index is 12.5. The molecule has 1 amide bonds. The van der Waals surface area contributed by atoms with E-state index >= 15 is 0 Å². The van der Waals surface area contributed by atoms with Crippen LogP contribution in [-0.4, -0.2) is 39.3 Å². The van der Waals surface area contributed by atoms with Crippen molar-refractivity contribution in [2.45, 2.75) is 38.7 Å². The van der Waals surface area contributed by atoms with E-state index in [2.05, 4.69) is 20.1 Å². The van der Waals surface area contributed by atoms with Crippen molar-refractivity contribution in [1.29, 1.82) is 0 Å². The normalized spacial score (nSPS) is 20.7. The highest BCUT2D eigenvalue weighted by Crippen LogP contribution is 2.25. The number of carbonyl (C=O) groups is 1. The molecule has 1 atom stereocenters. The summed E-state index contributed by atoms with van der Waals surface area (Å²) < 4.78 is 5.76. The zero-order valence-corrected chi connectivity index (χ0v) is 14.1. The van der Waals surface area contributed by atoms with E-state index in [9.17, 15) is 4.79 Å². The van der Waals surface area contributed by atoms with E-state index in [1.807, 2.05) is 25.1 Å².